The minimum atomic E-state index is 0.403. The Morgan fingerprint density at radius 1 is 1.21 bits per heavy atom. The van der Waals surface area contributed by atoms with E-state index in [0.29, 0.717) is 22.5 Å². The van der Waals surface area contributed by atoms with Crippen LogP contribution in [0.15, 0.2) is 18.2 Å². The summed E-state index contributed by atoms with van der Waals surface area (Å²) in [5.41, 5.74) is 8.56. The Balaban J connectivity index is 2.11. The third-order valence-electron chi connectivity index (χ3n) is 3.56. The second-order valence-electron chi connectivity index (χ2n) is 4.79. The second kappa shape index (κ2) is 5.12. The lowest BCUT2D eigenvalue weighted by molar-refractivity contribution is 0.401. The van der Waals surface area contributed by atoms with Gasteiger partial charge in [0.15, 0.2) is 0 Å². The van der Waals surface area contributed by atoms with Crippen molar-refractivity contribution >= 4 is 23.2 Å². The molecule has 0 radical (unpaired) electrons. The van der Waals surface area contributed by atoms with Gasteiger partial charge in [-0.25, -0.2) is 4.68 Å². The van der Waals surface area contributed by atoms with Crippen molar-refractivity contribution < 1.29 is 0 Å². The lowest BCUT2D eigenvalue weighted by Crippen LogP contribution is -2.17. The molecule has 4 nitrogen and oxygen atoms in total. The predicted octanol–water partition coefficient (Wildman–Crippen LogP) is 3.30. The third kappa shape index (κ3) is 2.36. The van der Waals surface area contributed by atoms with Gasteiger partial charge in [-0.3, -0.25) is 0 Å². The van der Waals surface area contributed by atoms with E-state index >= 15 is 0 Å². The van der Waals surface area contributed by atoms with Crippen molar-refractivity contribution in [3.8, 4) is 5.69 Å². The van der Waals surface area contributed by atoms with Crippen LogP contribution < -0.4 is 5.73 Å². The van der Waals surface area contributed by atoms with Crippen molar-refractivity contribution in [1.29, 1.82) is 0 Å². The van der Waals surface area contributed by atoms with E-state index in [0.717, 1.165) is 29.9 Å². The van der Waals surface area contributed by atoms with Gasteiger partial charge in [0.2, 0.25) is 0 Å². The first-order chi connectivity index (χ1) is 9.19. The highest BCUT2D eigenvalue weighted by Gasteiger charge is 2.27. The Bertz CT molecular complexity index is 584. The molecule has 2 aromatic rings. The number of hydrogen-bond donors (Lipinski definition) is 1. The maximum absolute atomic E-state index is 6.05. The summed E-state index contributed by atoms with van der Waals surface area (Å²) in [5, 5.41) is 9.57. The van der Waals surface area contributed by atoms with Crippen LogP contribution in [-0.2, 0) is 6.54 Å². The molecule has 1 aliphatic carbocycles. The van der Waals surface area contributed by atoms with E-state index in [2.05, 4.69) is 10.3 Å². The van der Waals surface area contributed by atoms with Crippen molar-refractivity contribution in [2.45, 2.75) is 31.7 Å². The molecule has 3 rings (SSSR count). The molecule has 2 N–H and O–H groups in total. The number of hydrogen-bond acceptors (Lipinski definition) is 3. The number of nitrogens with two attached hydrogens (primary N) is 1. The van der Waals surface area contributed by atoms with Crippen LogP contribution in [0.2, 0.25) is 10.0 Å². The quantitative estimate of drug-likeness (QED) is 0.945. The first kappa shape index (κ1) is 12.9. The van der Waals surface area contributed by atoms with Crippen LogP contribution in [0.4, 0.5) is 0 Å². The molecule has 1 aromatic heterocycles. The molecule has 1 aromatic carbocycles. The average Bonchev–Trinajstić information content (AvgIpc) is 2.69. The Morgan fingerprint density at radius 3 is 2.42 bits per heavy atom. The number of rotatable bonds is 3. The van der Waals surface area contributed by atoms with Crippen LogP contribution in [0.1, 0.15) is 36.6 Å². The van der Waals surface area contributed by atoms with Crippen LogP contribution in [0.3, 0.4) is 0 Å². The number of benzene rings is 1. The lowest BCUT2D eigenvalue weighted by atomic mass is 9.82. The zero-order valence-electron chi connectivity index (χ0n) is 10.3. The van der Waals surface area contributed by atoms with Gasteiger partial charge >= 0.3 is 0 Å². The second-order valence-corrected chi connectivity index (χ2v) is 5.67. The number of aromatic nitrogens is 3. The fourth-order valence-corrected chi connectivity index (χ4v) is 2.92. The van der Waals surface area contributed by atoms with E-state index in [-0.39, 0.29) is 0 Å². The minimum Gasteiger partial charge on any atom is -0.325 e. The zero-order chi connectivity index (χ0) is 13.4. The minimum absolute atomic E-state index is 0.403. The maximum atomic E-state index is 6.05. The van der Waals surface area contributed by atoms with Crippen molar-refractivity contribution in [2.75, 3.05) is 0 Å². The molecule has 1 fully saturated rings. The molecule has 0 atom stereocenters. The van der Waals surface area contributed by atoms with Gasteiger partial charge in [-0.1, -0.05) is 34.8 Å². The molecule has 0 saturated heterocycles. The van der Waals surface area contributed by atoms with Gasteiger partial charge < -0.3 is 5.73 Å². The molecule has 0 unspecified atom stereocenters. The summed E-state index contributed by atoms with van der Waals surface area (Å²) < 4.78 is 1.82. The fourth-order valence-electron chi connectivity index (χ4n) is 2.41. The van der Waals surface area contributed by atoms with E-state index in [1.165, 1.54) is 6.42 Å². The Morgan fingerprint density at radius 2 is 1.89 bits per heavy atom. The molecule has 0 amide bonds. The van der Waals surface area contributed by atoms with Gasteiger partial charge in [-0.2, -0.15) is 0 Å². The topological polar surface area (TPSA) is 56.7 Å². The van der Waals surface area contributed by atoms with Crippen LogP contribution in [0, 0.1) is 0 Å². The summed E-state index contributed by atoms with van der Waals surface area (Å²) in [6.07, 6.45) is 3.57. The normalized spacial score (nSPS) is 15.5. The van der Waals surface area contributed by atoms with Gasteiger partial charge in [0, 0.05) is 22.5 Å². The largest absolute Gasteiger partial charge is 0.325 e. The van der Waals surface area contributed by atoms with Crippen molar-refractivity contribution in [2.24, 2.45) is 5.73 Å². The van der Waals surface area contributed by atoms with E-state index in [1.807, 2.05) is 16.8 Å². The van der Waals surface area contributed by atoms with Gasteiger partial charge in [-0.05, 0) is 31.0 Å². The molecule has 1 saturated carbocycles. The van der Waals surface area contributed by atoms with E-state index in [1.54, 1.807) is 6.07 Å². The van der Waals surface area contributed by atoms with Crippen LogP contribution in [0.25, 0.3) is 5.69 Å². The molecule has 1 aliphatic rings. The van der Waals surface area contributed by atoms with Gasteiger partial charge in [0.1, 0.15) is 5.69 Å². The van der Waals surface area contributed by atoms with Crippen molar-refractivity contribution in [3.05, 3.63) is 39.6 Å². The van der Waals surface area contributed by atoms with Crippen molar-refractivity contribution in [3.63, 3.8) is 0 Å². The predicted molar refractivity (Wildman–Crippen MR) is 75.9 cm³/mol. The number of halogens is 2. The summed E-state index contributed by atoms with van der Waals surface area (Å²) in [6, 6.07) is 5.38. The zero-order valence-corrected chi connectivity index (χ0v) is 11.8. The van der Waals surface area contributed by atoms with Crippen molar-refractivity contribution in [1.82, 2.24) is 15.0 Å². The van der Waals surface area contributed by atoms with E-state index in [9.17, 15) is 0 Å². The maximum Gasteiger partial charge on any atom is 0.100 e. The molecule has 100 valence electrons. The summed E-state index contributed by atoms with van der Waals surface area (Å²) in [5.74, 6) is 0.492. The monoisotopic (exact) mass is 296 g/mol. The van der Waals surface area contributed by atoms with Crippen LogP contribution >= 0.6 is 23.2 Å². The summed E-state index contributed by atoms with van der Waals surface area (Å²) in [4.78, 5) is 0. The SMILES string of the molecule is NCc1nnn(-c2cc(Cl)cc(Cl)c2)c1C1CCC1. The highest BCUT2D eigenvalue weighted by molar-refractivity contribution is 6.34. The summed E-state index contributed by atoms with van der Waals surface area (Å²) >= 11 is 12.1. The van der Waals surface area contributed by atoms with Gasteiger partial charge in [0.05, 0.1) is 11.4 Å². The summed E-state index contributed by atoms with van der Waals surface area (Å²) in [7, 11) is 0. The Labute approximate surface area is 121 Å². The molecule has 0 spiro atoms. The molecule has 19 heavy (non-hydrogen) atoms. The molecule has 0 bridgehead atoms. The average molecular weight is 297 g/mol. The van der Waals surface area contributed by atoms with E-state index in [4.69, 9.17) is 28.9 Å². The third-order valence-corrected chi connectivity index (χ3v) is 3.99. The first-order valence-corrected chi connectivity index (χ1v) is 7.05. The molecule has 1 heterocycles. The summed E-state index contributed by atoms with van der Waals surface area (Å²) in [6.45, 7) is 0.403. The Hall–Kier alpha value is -1.10. The lowest BCUT2D eigenvalue weighted by Gasteiger charge is -2.26. The van der Waals surface area contributed by atoms with E-state index < -0.39 is 0 Å². The van der Waals surface area contributed by atoms with Crippen LogP contribution in [-0.4, -0.2) is 15.0 Å². The fraction of sp³-hybridized carbons (Fsp3) is 0.385. The molecule has 0 aliphatic heterocycles. The Kier molecular flexibility index (Phi) is 3.48. The molecular weight excluding hydrogens is 283 g/mol. The molecule has 6 heteroatoms. The van der Waals surface area contributed by atoms with Gasteiger partial charge in [0.25, 0.3) is 0 Å². The van der Waals surface area contributed by atoms with Crippen LogP contribution in [0.5, 0.6) is 0 Å². The smallest absolute Gasteiger partial charge is 0.100 e. The highest BCUT2D eigenvalue weighted by atomic mass is 35.5. The van der Waals surface area contributed by atoms with Gasteiger partial charge in [-0.15, -0.1) is 5.10 Å². The first-order valence-electron chi connectivity index (χ1n) is 6.30. The highest BCUT2D eigenvalue weighted by Crippen LogP contribution is 2.38. The number of nitrogens with zero attached hydrogens (tertiary/aromatic N) is 3. The standard InChI is InChI=1S/C13H14Cl2N4/c14-9-4-10(15)6-11(5-9)19-13(8-2-1-3-8)12(7-16)17-18-19/h4-6,8H,1-3,7,16H2. The molecular formula is C13H14Cl2N4.